The highest BCUT2D eigenvalue weighted by Crippen LogP contribution is 2.42. The second kappa shape index (κ2) is 6.92. The van der Waals surface area contributed by atoms with E-state index in [2.05, 4.69) is 30.8 Å². The van der Waals surface area contributed by atoms with Crippen molar-refractivity contribution in [1.82, 2.24) is 0 Å². The molecule has 0 amide bonds. The molecule has 0 saturated carbocycles. The minimum atomic E-state index is -1.02. The first kappa shape index (κ1) is 18.7. The predicted octanol–water partition coefficient (Wildman–Crippen LogP) is 5.17. The molecule has 2 aromatic rings. The molecule has 0 spiro atoms. The Labute approximate surface area is 159 Å². The summed E-state index contributed by atoms with van der Waals surface area (Å²) < 4.78 is 5.84. The van der Waals surface area contributed by atoms with Gasteiger partial charge in [0.05, 0.1) is 17.4 Å². The van der Waals surface area contributed by atoms with E-state index in [1.165, 1.54) is 6.07 Å². The lowest BCUT2D eigenvalue weighted by Gasteiger charge is -2.32. The van der Waals surface area contributed by atoms with E-state index in [0.717, 1.165) is 28.3 Å². The van der Waals surface area contributed by atoms with Crippen molar-refractivity contribution >= 4 is 17.6 Å². The number of carboxylic acids is 1. The first-order chi connectivity index (χ1) is 12.7. The fourth-order valence-electron chi connectivity index (χ4n) is 3.46. The molecule has 3 rings (SSSR count). The monoisotopic (exact) mass is 361 g/mol. The minimum absolute atomic E-state index is 0.0809. The Kier molecular flexibility index (Phi) is 4.80. The van der Waals surface area contributed by atoms with Crippen molar-refractivity contribution in [2.75, 3.05) is 0 Å². The maximum Gasteiger partial charge on any atom is 0.336 e. The van der Waals surface area contributed by atoms with Crippen LogP contribution in [0.1, 0.15) is 55.6 Å². The number of terminal acetylenes is 1. The maximum atomic E-state index is 11.5. The van der Waals surface area contributed by atoms with Crippen molar-refractivity contribution in [3.8, 4) is 23.5 Å². The molecule has 0 bridgehead atoms. The van der Waals surface area contributed by atoms with Gasteiger partial charge in [0.2, 0.25) is 0 Å². The molecule has 0 fully saturated rings. The maximum absolute atomic E-state index is 11.5. The smallest absolute Gasteiger partial charge is 0.336 e. The molecule has 0 aromatic heterocycles. The van der Waals surface area contributed by atoms with Crippen molar-refractivity contribution in [3.05, 3.63) is 53.1 Å². The molecule has 0 saturated heterocycles. The number of benzene rings is 2. The molecule has 2 aromatic carbocycles. The first-order valence-electron chi connectivity index (χ1n) is 8.95. The lowest BCUT2D eigenvalue weighted by Crippen LogP contribution is -2.28. The largest absolute Gasteiger partial charge is 0.478 e. The Hall–Kier alpha value is -3.06. The van der Waals surface area contributed by atoms with Crippen molar-refractivity contribution < 1.29 is 14.6 Å². The number of aromatic carboxylic acids is 1. The summed E-state index contributed by atoms with van der Waals surface area (Å²) in [5, 5.41) is 9.42. The number of fused-ring (bicyclic) bond motifs is 1. The SMILES string of the molecule is C#Cc1c(C(=O)O)cccc1-c1ccc2c(c1)C(C)(C)CC(OC(C)C)=N2. The molecule has 1 heterocycles. The van der Waals surface area contributed by atoms with Gasteiger partial charge in [0.25, 0.3) is 0 Å². The van der Waals surface area contributed by atoms with Crippen LogP contribution in [0.4, 0.5) is 5.69 Å². The summed E-state index contributed by atoms with van der Waals surface area (Å²) in [6.45, 7) is 8.29. The normalized spacial score (nSPS) is 14.9. The number of carbonyl (C=O) groups is 1. The number of ether oxygens (including phenoxy) is 1. The van der Waals surface area contributed by atoms with Gasteiger partial charge in [-0.25, -0.2) is 9.79 Å². The zero-order valence-electron chi connectivity index (χ0n) is 16.0. The lowest BCUT2D eigenvalue weighted by molar-refractivity contribution is 0.0696. The van der Waals surface area contributed by atoms with E-state index in [0.29, 0.717) is 12.0 Å². The number of hydrogen-bond acceptors (Lipinski definition) is 3. The van der Waals surface area contributed by atoms with Gasteiger partial charge in [0.15, 0.2) is 5.90 Å². The first-order valence-corrected chi connectivity index (χ1v) is 8.95. The molecule has 1 N–H and O–H groups in total. The van der Waals surface area contributed by atoms with Gasteiger partial charge in [-0.05, 0) is 48.7 Å². The van der Waals surface area contributed by atoms with Gasteiger partial charge in [0.1, 0.15) is 0 Å². The molecule has 1 aliphatic heterocycles. The summed E-state index contributed by atoms with van der Waals surface area (Å²) in [6, 6.07) is 11.0. The van der Waals surface area contributed by atoms with Gasteiger partial charge in [-0.2, -0.15) is 0 Å². The Morgan fingerprint density at radius 3 is 2.67 bits per heavy atom. The molecule has 0 unspecified atom stereocenters. The molecule has 138 valence electrons. The molecular weight excluding hydrogens is 338 g/mol. The van der Waals surface area contributed by atoms with Gasteiger partial charge in [-0.3, -0.25) is 0 Å². The molecule has 0 radical (unpaired) electrons. The van der Waals surface area contributed by atoms with E-state index in [1.54, 1.807) is 6.07 Å². The standard InChI is InChI=1S/C23H23NO3/c1-6-16-17(8-7-9-18(16)22(25)26)15-10-11-20-19(12-15)23(4,5)13-21(24-20)27-14(2)3/h1,7-12,14H,13H2,2-5H3,(H,25,26). The van der Waals surface area contributed by atoms with Crippen LogP contribution in [0.25, 0.3) is 11.1 Å². The highest BCUT2D eigenvalue weighted by molar-refractivity contribution is 5.94. The summed E-state index contributed by atoms with van der Waals surface area (Å²) in [7, 11) is 0. The van der Waals surface area contributed by atoms with E-state index < -0.39 is 5.97 Å². The van der Waals surface area contributed by atoms with Gasteiger partial charge in [-0.1, -0.05) is 38.0 Å². The number of aliphatic imine (C=N–C) groups is 1. The third-order valence-corrected chi connectivity index (χ3v) is 4.69. The number of carboxylic acid groups (broad SMARTS) is 1. The fourth-order valence-corrected chi connectivity index (χ4v) is 3.46. The Balaban J connectivity index is 2.14. The van der Waals surface area contributed by atoms with Crippen LogP contribution >= 0.6 is 0 Å². The number of rotatable bonds is 3. The van der Waals surface area contributed by atoms with E-state index in [-0.39, 0.29) is 17.1 Å². The van der Waals surface area contributed by atoms with Crippen LogP contribution in [0.3, 0.4) is 0 Å². The second-order valence-electron chi connectivity index (χ2n) is 7.64. The van der Waals surface area contributed by atoms with E-state index in [1.807, 2.05) is 32.0 Å². The molecule has 0 aliphatic carbocycles. The van der Waals surface area contributed by atoms with Gasteiger partial charge < -0.3 is 9.84 Å². The van der Waals surface area contributed by atoms with Crippen LogP contribution in [-0.4, -0.2) is 23.1 Å². The molecule has 27 heavy (non-hydrogen) atoms. The third-order valence-electron chi connectivity index (χ3n) is 4.69. The zero-order chi connectivity index (χ0) is 19.8. The van der Waals surface area contributed by atoms with Crippen molar-refractivity contribution in [3.63, 3.8) is 0 Å². The quantitative estimate of drug-likeness (QED) is 0.767. The highest BCUT2D eigenvalue weighted by Gasteiger charge is 2.31. The minimum Gasteiger partial charge on any atom is -0.478 e. The Morgan fingerprint density at radius 1 is 1.30 bits per heavy atom. The van der Waals surface area contributed by atoms with Gasteiger partial charge in [-0.15, -0.1) is 6.42 Å². The predicted molar refractivity (Wildman–Crippen MR) is 108 cm³/mol. The average molecular weight is 361 g/mol. The van der Waals surface area contributed by atoms with Crippen molar-refractivity contribution in [2.45, 2.75) is 45.6 Å². The van der Waals surface area contributed by atoms with Crippen LogP contribution in [0.15, 0.2) is 41.4 Å². The molecule has 4 heteroatoms. The average Bonchev–Trinajstić information content (AvgIpc) is 2.59. The fraction of sp³-hybridized carbons (Fsp3) is 0.304. The van der Waals surface area contributed by atoms with E-state index in [4.69, 9.17) is 11.2 Å². The highest BCUT2D eigenvalue weighted by atomic mass is 16.5. The van der Waals surface area contributed by atoms with Gasteiger partial charge in [0, 0.05) is 17.4 Å². The summed E-state index contributed by atoms with van der Waals surface area (Å²) in [4.78, 5) is 16.2. The van der Waals surface area contributed by atoms with E-state index in [9.17, 15) is 9.90 Å². The summed E-state index contributed by atoms with van der Waals surface area (Å²) >= 11 is 0. The molecule has 4 nitrogen and oxygen atoms in total. The second-order valence-corrected chi connectivity index (χ2v) is 7.64. The number of hydrogen-bond donors (Lipinski definition) is 1. The van der Waals surface area contributed by atoms with Crippen molar-refractivity contribution in [1.29, 1.82) is 0 Å². The molecule has 0 atom stereocenters. The Morgan fingerprint density at radius 2 is 2.04 bits per heavy atom. The van der Waals surface area contributed by atoms with Crippen LogP contribution in [0, 0.1) is 12.3 Å². The Bertz CT molecular complexity index is 978. The lowest BCUT2D eigenvalue weighted by atomic mass is 9.77. The topological polar surface area (TPSA) is 58.9 Å². The zero-order valence-corrected chi connectivity index (χ0v) is 16.0. The van der Waals surface area contributed by atoms with Crippen LogP contribution in [0.2, 0.25) is 0 Å². The summed E-state index contributed by atoms with van der Waals surface area (Å²) in [5.74, 6) is 2.26. The van der Waals surface area contributed by atoms with Crippen molar-refractivity contribution in [2.24, 2.45) is 4.99 Å². The van der Waals surface area contributed by atoms with E-state index >= 15 is 0 Å². The summed E-state index contributed by atoms with van der Waals surface area (Å²) in [5.41, 5.74) is 3.98. The van der Waals surface area contributed by atoms with Gasteiger partial charge >= 0.3 is 5.97 Å². The molecular formula is C23H23NO3. The molecule has 1 aliphatic rings. The van der Waals surface area contributed by atoms with Crippen LogP contribution < -0.4 is 0 Å². The van der Waals surface area contributed by atoms with Crippen LogP contribution in [-0.2, 0) is 10.2 Å². The third kappa shape index (κ3) is 3.59. The number of nitrogens with zero attached hydrogens (tertiary/aromatic N) is 1. The summed E-state index contributed by atoms with van der Waals surface area (Å²) in [6.07, 6.45) is 6.42. The van der Waals surface area contributed by atoms with Crippen LogP contribution in [0.5, 0.6) is 0 Å².